The first-order chi connectivity index (χ1) is 6.18. The number of carboxylic acid groups (broad SMARTS) is 1. The largest absolute Gasteiger partial charge is 0.478 e. The van der Waals surface area contributed by atoms with Gasteiger partial charge in [-0.1, -0.05) is 0 Å². The molecule has 0 saturated heterocycles. The van der Waals surface area contributed by atoms with Gasteiger partial charge in [0.15, 0.2) is 5.96 Å². The monoisotopic (exact) mass is 203 g/mol. The molecule has 0 aromatic heterocycles. The van der Waals surface area contributed by atoms with Crippen LogP contribution in [0.2, 0.25) is 0 Å². The minimum Gasteiger partial charge on any atom is -0.478 e. The molecule has 0 rings (SSSR count). The Hall–Kier alpha value is -1.30. The highest BCUT2D eigenvalue weighted by Crippen LogP contribution is 2.07. The standard InChI is InChI=1S/C8H17N3O3/c1-8(14,6(12)13)9-7(10(2)3)11(4)5/h14H,1-5H3,(H,12,13). The van der Waals surface area contributed by atoms with Gasteiger partial charge < -0.3 is 20.0 Å². The van der Waals surface area contributed by atoms with E-state index in [0.29, 0.717) is 5.96 Å². The van der Waals surface area contributed by atoms with E-state index >= 15 is 0 Å². The van der Waals surface area contributed by atoms with Crippen molar-refractivity contribution in [1.82, 2.24) is 9.80 Å². The van der Waals surface area contributed by atoms with Gasteiger partial charge >= 0.3 is 5.97 Å². The smallest absolute Gasteiger partial charge is 0.358 e. The quantitative estimate of drug-likeness (QED) is 0.456. The molecule has 14 heavy (non-hydrogen) atoms. The molecule has 0 aliphatic carbocycles. The molecule has 0 spiro atoms. The Morgan fingerprint density at radius 1 is 1.21 bits per heavy atom. The van der Waals surface area contributed by atoms with Crippen LogP contribution in [-0.2, 0) is 4.79 Å². The number of aliphatic carboxylic acids is 1. The first kappa shape index (κ1) is 12.7. The number of carbonyl (C=O) groups is 1. The molecule has 6 nitrogen and oxygen atoms in total. The Balaban J connectivity index is 5.00. The fraction of sp³-hybridized carbons (Fsp3) is 0.750. The second-order valence-corrected chi connectivity index (χ2v) is 3.53. The van der Waals surface area contributed by atoms with Crippen molar-refractivity contribution < 1.29 is 15.0 Å². The lowest BCUT2D eigenvalue weighted by atomic mass is 10.3. The lowest BCUT2D eigenvalue weighted by Crippen LogP contribution is -2.41. The van der Waals surface area contributed by atoms with Crippen LogP contribution in [0.4, 0.5) is 0 Å². The molecule has 0 heterocycles. The van der Waals surface area contributed by atoms with Gasteiger partial charge in [-0.15, -0.1) is 0 Å². The molecule has 0 bridgehead atoms. The molecule has 0 aromatic carbocycles. The number of aliphatic imine (C=N–C) groups is 1. The molecule has 2 N–H and O–H groups in total. The third-order valence-corrected chi connectivity index (χ3v) is 1.52. The summed E-state index contributed by atoms with van der Waals surface area (Å²) in [6, 6.07) is 0. The zero-order valence-corrected chi connectivity index (χ0v) is 9.14. The van der Waals surface area contributed by atoms with Gasteiger partial charge in [0.1, 0.15) is 0 Å². The summed E-state index contributed by atoms with van der Waals surface area (Å²) in [5, 5.41) is 18.1. The normalized spacial score (nSPS) is 14.1. The van der Waals surface area contributed by atoms with Gasteiger partial charge in [-0.3, -0.25) is 0 Å². The van der Waals surface area contributed by atoms with Gasteiger partial charge in [0.05, 0.1) is 0 Å². The summed E-state index contributed by atoms with van der Waals surface area (Å²) in [6.07, 6.45) is 0. The number of carboxylic acids is 1. The summed E-state index contributed by atoms with van der Waals surface area (Å²) < 4.78 is 0. The highest BCUT2D eigenvalue weighted by atomic mass is 16.4. The van der Waals surface area contributed by atoms with Crippen LogP contribution < -0.4 is 0 Å². The molecule has 1 atom stereocenters. The van der Waals surface area contributed by atoms with Gasteiger partial charge in [-0.05, 0) is 6.92 Å². The minimum absolute atomic E-state index is 0.386. The second kappa shape index (κ2) is 4.28. The number of rotatable bonds is 2. The number of nitrogens with zero attached hydrogens (tertiary/aromatic N) is 3. The molecule has 1 unspecified atom stereocenters. The Labute approximate surface area is 83.5 Å². The Morgan fingerprint density at radius 2 is 1.57 bits per heavy atom. The van der Waals surface area contributed by atoms with E-state index in [1.165, 1.54) is 0 Å². The second-order valence-electron chi connectivity index (χ2n) is 3.53. The number of hydrogen-bond donors (Lipinski definition) is 2. The summed E-state index contributed by atoms with van der Waals surface area (Å²) in [7, 11) is 6.88. The molecule has 0 fully saturated rings. The van der Waals surface area contributed by atoms with E-state index in [2.05, 4.69) is 4.99 Å². The van der Waals surface area contributed by atoms with Crippen LogP contribution in [0.5, 0.6) is 0 Å². The van der Waals surface area contributed by atoms with Crippen LogP contribution >= 0.6 is 0 Å². The van der Waals surface area contributed by atoms with E-state index in [9.17, 15) is 9.90 Å². The first-order valence-corrected chi connectivity index (χ1v) is 4.08. The molecule has 6 heteroatoms. The molecule has 82 valence electrons. The summed E-state index contributed by atoms with van der Waals surface area (Å²) >= 11 is 0. The summed E-state index contributed by atoms with van der Waals surface area (Å²) in [6.45, 7) is 1.13. The molecular formula is C8H17N3O3. The Bertz CT molecular complexity index is 236. The average Bonchev–Trinajstić information content (AvgIpc) is 1.98. The fourth-order valence-electron chi connectivity index (χ4n) is 0.843. The third-order valence-electron chi connectivity index (χ3n) is 1.52. The van der Waals surface area contributed by atoms with Crippen molar-refractivity contribution in [2.45, 2.75) is 12.6 Å². The topological polar surface area (TPSA) is 76.4 Å². The van der Waals surface area contributed by atoms with E-state index in [-0.39, 0.29) is 0 Å². The molecule has 0 aliphatic heterocycles. The zero-order valence-electron chi connectivity index (χ0n) is 9.14. The zero-order chi connectivity index (χ0) is 11.5. The fourth-order valence-corrected chi connectivity index (χ4v) is 0.843. The van der Waals surface area contributed by atoms with Crippen LogP contribution in [-0.4, -0.2) is 65.9 Å². The molecule has 0 aliphatic rings. The third kappa shape index (κ3) is 3.21. The molecular weight excluding hydrogens is 186 g/mol. The van der Waals surface area contributed by atoms with Gasteiger partial charge in [0.2, 0.25) is 0 Å². The minimum atomic E-state index is -2.09. The lowest BCUT2D eigenvalue weighted by molar-refractivity contribution is -0.155. The van der Waals surface area contributed by atoms with Gasteiger partial charge in [-0.2, -0.15) is 0 Å². The molecule has 0 aromatic rings. The Kier molecular flexibility index (Phi) is 3.88. The van der Waals surface area contributed by atoms with E-state index in [1.54, 1.807) is 38.0 Å². The molecule has 0 amide bonds. The van der Waals surface area contributed by atoms with Crippen molar-refractivity contribution >= 4 is 11.9 Å². The van der Waals surface area contributed by atoms with E-state index in [0.717, 1.165) is 6.92 Å². The molecule has 0 radical (unpaired) electrons. The number of hydrogen-bond acceptors (Lipinski definition) is 3. The van der Waals surface area contributed by atoms with Crippen LogP contribution in [0, 0.1) is 0 Å². The maximum absolute atomic E-state index is 10.6. The number of aliphatic hydroxyl groups is 1. The van der Waals surface area contributed by atoms with Crippen molar-refractivity contribution in [2.24, 2.45) is 4.99 Å². The van der Waals surface area contributed by atoms with Gasteiger partial charge in [-0.25, -0.2) is 9.79 Å². The van der Waals surface area contributed by atoms with Crippen molar-refractivity contribution in [1.29, 1.82) is 0 Å². The van der Waals surface area contributed by atoms with E-state index in [4.69, 9.17) is 5.11 Å². The highest BCUT2D eigenvalue weighted by molar-refractivity contribution is 5.84. The van der Waals surface area contributed by atoms with Crippen molar-refractivity contribution in [3.63, 3.8) is 0 Å². The molecule has 0 saturated carbocycles. The van der Waals surface area contributed by atoms with Gasteiger partial charge in [0.25, 0.3) is 5.72 Å². The Morgan fingerprint density at radius 3 is 1.79 bits per heavy atom. The summed E-state index contributed by atoms with van der Waals surface area (Å²) in [5.74, 6) is -0.990. The van der Waals surface area contributed by atoms with Crippen molar-refractivity contribution in [2.75, 3.05) is 28.2 Å². The van der Waals surface area contributed by atoms with Gasteiger partial charge in [0, 0.05) is 28.2 Å². The van der Waals surface area contributed by atoms with Crippen LogP contribution in [0.1, 0.15) is 6.92 Å². The summed E-state index contributed by atoms with van der Waals surface area (Å²) in [4.78, 5) is 17.6. The van der Waals surface area contributed by atoms with E-state index < -0.39 is 11.7 Å². The lowest BCUT2D eigenvalue weighted by Gasteiger charge is -2.25. The highest BCUT2D eigenvalue weighted by Gasteiger charge is 2.30. The van der Waals surface area contributed by atoms with Crippen LogP contribution in [0.25, 0.3) is 0 Å². The maximum Gasteiger partial charge on any atom is 0.358 e. The van der Waals surface area contributed by atoms with Crippen LogP contribution in [0.3, 0.4) is 0 Å². The first-order valence-electron chi connectivity index (χ1n) is 4.08. The number of guanidine groups is 1. The van der Waals surface area contributed by atoms with Crippen LogP contribution in [0.15, 0.2) is 4.99 Å². The SMILES string of the molecule is CN(C)C(=NC(C)(O)C(=O)O)N(C)C. The van der Waals surface area contributed by atoms with E-state index in [1.807, 2.05) is 0 Å². The maximum atomic E-state index is 10.6. The predicted molar refractivity (Wildman–Crippen MR) is 53.1 cm³/mol. The average molecular weight is 203 g/mol. The summed E-state index contributed by atoms with van der Waals surface area (Å²) in [5.41, 5.74) is -2.09. The van der Waals surface area contributed by atoms with Crippen molar-refractivity contribution in [3.05, 3.63) is 0 Å². The van der Waals surface area contributed by atoms with Crippen molar-refractivity contribution in [3.8, 4) is 0 Å². The predicted octanol–water partition coefficient (Wildman–Crippen LogP) is -0.741.